The molecule has 25 heavy (non-hydrogen) atoms. The van der Waals surface area contributed by atoms with E-state index in [1.165, 1.54) is 0 Å². The van der Waals surface area contributed by atoms with Crippen LogP contribution in [0.25, 0.3) is 0 Å². The Bertz CT molecular complexity index is 692. The van der Waals surface area contributed by atoms with Gasteiger partial charge in [-0.25, -0.2) is 0 Å². The van der Waals surface area contributed by atoms with Crippen LogP contribution in [0.3, 0.4) is 0 Å². The van der Waals surface area contributed by atoms with Crippen molar-refractivity contribution in [1.29, 1.82) is 0 Å². The number of esters is 2. The zero-order chi connectivity index (χ0) is 18.5. The number of fused-ring (bicyclic) bond motifs is 3. The molecule has 1 unspecified atom stereocenters. The van der Waals surface area contributed by atoms with Gasteiger partial charge in [0.05, 0.1) is 5.92 Å². The van der Waals surface area contributed by atoms with Gasteiger partial charge < -0.3 is 9.47 Å². The molecule has 6 atom stereocenters. The van der Waals surface area contributed by atoms with Crippen LogP contribution in [-0.2, 0) is 23.9 Å². The second kappa shape index (κ2) is 6.71. The molecule has 0 N–H and O–H groups in total. The molecule has 6 heteroatoms. The molecule has 0 radical (unpaired) electrons. The molecular weight excluding hydrogens is 388 g/mol. The summed E-state index contributed by atoms with van der Waals surface area (Å²) in [4.78, 5) is 36.6. The van der Waals surface area contributed by atoms with Gasteiger partial charge in [-0.1, -0.05) is 40.9 Å². The van der Waals surface area contributed by atoms with Gasteiger partial charge in [0.25, 0.3) is 0 Å². The van der Waals surface area contributed by atoms with Gasteiger partial charge in [-0.05, 0) is 26.3 Å². The number of allylic oxidation sites excluding steroid dienone is 1. The number of hydrogen-bond acceptors (Lipinski definition) is 5. The molecule has 0 aromatic rings. The standard InChI is InChI=1S/C19H23BrO5/c1-5-11(20)19(23)24-13-7-9(3)14-12(21)6-8(2)15(14)17-16(13)10(4)18(22)25-17/h6,10-11,13,15-17H,5,7H2,1-4H3/t10-,11?,13-,15-,16+,17+/m0/s1. The summed E-state index contributed by atoms with van der Waals surface area (Å²) in [6.07, 6.45) is 1.79. The molecule has 136 valence electrons. The number of carbonyl (C=O) groups is 3. The van der Waals surface area contributed by atoms with E-state index < -0.39 is 12.2 Å². The predicted molar refractivity (Wildman–Crippen MR) is 95.0 cm³/mol. The van der Waals surface area contributed by atoms with Crippen LogP contribution in [0.1, 0.15) is 40.5 Å². The van der Waals surface area contributed by atoms with E-state index in [4.69, 9.17) is 9.47 Å². The van der Waals surface area contributed by atoms with Crippen LogP contribution >= 0.6 is 15.9 Å². The van der Waals surface area contributed by atoms with Gasteiger partial charge in [0.2, 0.25) is 0 Å². The van der Waals surface area contributed by atoms with Crippen molar-refractivity contribution < 1.29 is 23.9 Å². The van der Waals surface area contributed by atoms with Crippen LogP contribution in [-0.4, -0.2) is 34.8 Å². The van der Waals surface area contributed by atoms with E-state index in [2.05, 4.69) is 15.9 Å². The fraction of sp³-hybridized carbons (Fsp3) is 0.632. The summed E-state index contributed by atoms with van der Waals surface area (Å²) in [6, 6.07) is 0. The maximum atomic E-state index is 12.4. The molecule has 1 saturated heterocycles. The summed E-state index contributed by atoms with van der Waals surface area (Å²) in [7, 11) is 0. The van der Waals surface area contributed by atoms with Gasteiger partial charge in [-0.15, -0.1) is 0 Å². The molecule has 3 rings (SSSR count). The van der Waals surface area contributed by atoms with Crippen LogP contribution in [0.15, 0.2) is 22.8 Å². The van der Waals surface area contributed by atoms with Crippen LogP contribution in [0, 0.1) is 17.8 Å². The Hall–Kier alpha value is -1.43. The van der Waals surface area contributed by atoms with Gasteiger partial charge >= 0.3 is 11.9 Å². The lowest BCUT2D eigenvalue weighted by Crippen LogP contribution is -2.39. The first-order valence-corrected chi connectivity index (χ1v) is 9.65. The Balaban J connectivity index is 2.00. The Morgan fingerprint density at radius 1 is 1.40 bits per heavy atom. The first-order valence-electron chi connectivity index (χ1n) is 8.73. The van der Waals surface area contributed by atoms with Crippen molar-refractivity contribution >= 4 is 33.7 Å². The van der Waals surface area contributed by atoms with Crippen molar-refractivity contribution in [3.05, 3.63) is 22.8 Å². The van der Waals surface area contributed by atoms with E-state index >= 15 is 0 Å². The van der Waals surface area contributed by atoms with E-state index in [-0.39, 0.29) is 40.3 Å². The van der Waals surface area contributed by atoms with E-state index in [0.717, 1.165) is 11.1 Å². The zero-order valence-electron chi connectivity index (χ0n) is 14.9. The maximum absolute atomic E-state index is 12.4. The van der Waals surface area contributed by atoms with Gasteiger partial charge in [0, 0.05) is 23.8 Å². The zero-order valence-corrected chi connectivity index (χ0v) is 16.5. The molecule has 2 aliphatic carbocycles. The first-order chi connectivity index (χ1) is 11.8. The van der Waals surface area contributed by atoms with Crippen molar-refractivity contribution in [3.8, 4) is 0 Å². The average molecular weight is 411 g/mol. The minimum absolute atomic E-state index is 0.0201. The molecule has 0 aromatic carbocycles. The first kappa shape index (κ1) is 18.4. The number of carbonyl (C=O) groups excluding carboxylic acids is 3. The molecule has 3 aliphatic rings. The second-order valence-electron chi connectivity index (χ2n) is 7.25. The number of ether oxygens (including phenoxy) is 2. The molecule has 1 aliphatic heterocycles. The summed E-state index contributed by atoms with van der Waals surface area (Å²) >= 11 is 3.32. The molecule has 1 heterocycles. The summed E-state index contributed by atoms with van der Waals surface area (Å²) in [6.45, 7) is 7.52. The van der Waals surface area contributed by atoms with Gasteiger partial charge in [0.1, 0.15) is 17.0 Å². The largest absolute Gasteiger partial charge is 0.461 e. The highest BCUT2D eigenvalue weighted by Crippen LogP contribution is 2.48. The number of hydrogen-bond donors (Lipinski definition) is 0. The molecule has 0 amide bonds. The van der Waals surface area contributed by atoms with Crippen LogP contribution in [0.4, 0.5) is 0 Å². The summed E-state index contributed by atoms with van der Waals surface area (Å²) in [5.41, 5.74) is 2.54. The summed E-state index contributed by atoms with van der Waals surface area (Å²) in [5, 5.41) is 0. The molecule has 0 spiro atoms. The lowest BCUT2D eigenvalue weighted by molar-refractivity contribution is -0.152. The SMILES string of the molecule is CCC(Br)C(=O)O[C@H]1CC(C)=C2C(=O)C=C(C)[C@@H]2[C@H]2OC(=O)[C@@H](C)[C@@H]21. The van der Waals surface area contributed by atoms with Crippen molar-refractivity contribution in [2.45, 2.75) is 57.6 Å². The van der Waals surface area contributed by atoms with E-state index in [9.17, 15) is 14.4 Å². The van der Waals surface area contributed by atoms with Crippen molar-refractivity contribution in [3.63, 3.8) is 0 Å². The molecule has 0 aromatic heterocycles. The summed E-state index contributed by atoms with van der Waals surface area (Å²) in [5.74, 6) is -1.47. The Morgan fingerprint density at radius 3 is 2.72 bits per heavy atom. The Morgan fingerprint density at radius 2 is 2.08 bits per heavy atom. The monoisotopic (exact) mass is 410 g/mol. The summed E-state index contributed by atoms with van der Waals surface area (Å²) < 4.78 is 11.4. The second-order valence-corrected chi connectivity index (χ2v) is 8.35. The van der Waals surface area contributed by atoms with Crippen LogP contribution < -0.4 is 0 Å². The molecule has 1 fully saturated rings. The van der Waals surface area contributed by atoms with E-state index in [1.807, 2.05) is 27.7 Å². The Kier molecular flexibility index (Phi) is 4.93. The topological polar surface area (TPSA) is 69.7 Å². The van der Waals surface area contributed by atoms with Gasteiger partial charge in [-0.2, -0.15) is 0 Å². The lowest BCUT2D eigenvalue weighted by atomic mass is 9.79. The fourth-order valence-corrected chi connectivity index (χ4v) is 4.41. The van der Waals surface area contributed by atoms with Crippen LogP contribution in [0.2, 0.25) is 0 Å². The van der Waals surface area contributed by atoms with Gasteiger partial charge in [-0.3, -0.25) is 14.4 Å². The maximum Gasteiger partial charge on any atom is 0.320 e. The number of rotatable bonds is 3. The number of alkyl halides is 1. The average Bonchev–Trinajstić information content (AvgIpc) is 2.96. The smallest absolute Gasteiger partial charge is 0.320 e. The third-order valence-electron chi connectivity index (χ3n) is 5.61. The highest BCUT2D eigenvalue weighted by atomic mass is 79.9. The van der Waals surface area contributed by atoms with Crippen molar-refractivity contribution in [2.75, 3.05) is 0 Å². The molecule has 5 nitrogen and oxygen atoms in total. The number of ketones is 1. The fourth-order valence-electron chi connectivity index (χ4n) is 4.30. The molecule has 0 bridgehead atoms. The van der Waals surface area contributed by atoms with Gasteiger partial charge in [0.15, 0.2) is 5.78 Å². The normalized spacial score (nSPS) is 35.6. The van der Waals surface area contributed by atoms with E-state index in [0.29, 0.717) is 18.4 Å². The van der Waals surface area contributed by atoms with Crippen molar-refractivity contribution in [2.24, 2.45) is 17.8 Å². The minimum atomic E-state index is -0.468. The Labute approximate surface area is 155 Å². The quantitative estimate of drug-likeness (QED) is 0.527. The third kappa shape index (κ3) is 2.98. The molecule has 0 saturated carbocycles. The third-order valence-corrected chi connectivity index (χ3v) is 6.63. The lowest BCUT2D eigenvalue weighted by Gasteiger charge is -2.29. The predicted octanol–water partition coefficient (Wildman–Crippen LogP) is 3.11. The minimum Gasteiger partial charge on any atom is -0.461 e. The number of halogens is 1. The van der Waals surface area contributed by atoms with Crippen LogP contribution in [0.5, 0.6) is 0 Å². The highest BCUT2D eigenvalue weighted by molar-refractivity contribution is 9.10. The van der Waals surface area contributed by atoms with E-state index in [1.54, 1.807) is 6.08 Å². The van der Waals surface area contributed by atoms with Crippen molar-refractivity contribution in [1.82, 2.24) is 0 Å². The molecular formula is C19H23BrO5. The highest BCUT2D eigenvalue weighted by Gasteiger charge is 2.55.